The zero-order chi connectivity index (χ0) is 17.1. The van der Waals surface area contributed by atoms with Gasteiger partial charge < -0.3 is 15.5 Å². The Morgan fingerprint density at radius 1 is 1.29 bits per heavy atom. The number of hydrogen-bond acceptors (Lipinski definition) is 5. The fourth-order valence-electron chi connectivity index (χ4n) is 3.17. The summed E-state index contributed by atoms with van der Waals surface area (Å²) in [5.41, 5.74) is 6.60. The van der Waals surface area contributed by atoms with Gasteiger partial charge in [-0.2, -0.15) is 4.98 Å². The van der Waals surface area contributed by atoms with E-state index >= 15 is 0 Å². The van der Waals surface area contributed by atoms with Gasteiger partial charge in [-0.3, -0.25) is 0 Å². The molecular weight excluding hydrogens is 347 g/mol. The Labute approximate surface area is 151 Å². The summed E-state index contributed by atoms with van der Waals surface area (Å²) in [4.78, 5) is 8.78. The lowest BCUT2D eigenvalue weighted by molar-refractivity contribution is 0.209. The van der Waals surface area contributed by atoms with E-state index in [1.165, 1.54) is 0 Å². The van der Waals surface area contributed by atoms with Crippen molar-refractivity contribution in [1.82, 2.24) is 20.1 Å². The maximum Gasteiger partial charge on any atom is 0.241 e. The predicted octanol–water partition coefficient (Wildman–Crippen LogP) is 2.84. The highest BCUT2D eigenvalue weighted by atomic mass is 35.5. The second kappa shape index (κ2) is 7.59. The first-order chi connectivity index (χ1) is 11.5. The standard InChI is InChI=1S/C16H22Cl2N6/c1-23(8-7-12-13(17)3-2-4-14(12)18)11-5-9-24(10-6-11)16-20-15(19)21-22-16/h2-4,11H,5-10H2,1H3,(H3,19,20,21,22). The van der Waals surface area contributed by atoms with Crippen LogP contribution in [0, 0.1) is 0 Å². The lowest BCUT2D eigenvalue weighted by Crippen LogP contribution is -2.44. The lowest BCUT2D eigenvalue weighted by Gasteiger charge is -2.36. The molecule has 0 bridgehead atoms. The van der Waals surface area contributed by atoms with Gasteiger partial charge in [0.05, 0.1) is 0 Å². The Bertz CT molecular complexity index is 661. The maximum atomic E-state index is 6.25. The molecule has 1 fully saturated rings. The molecule has 1 aliphatic heterocycles. The minimum Gasteiger partial charge on any atom is -0.366 e. The van der Waals surface area contributed by atoms with Gasteiger partial charge in [-0.05, 0) is 44.0 Å². The second-order valence-corrected chi connectivity index (χ2v) is 6.98. The lowest BCUT2D eigenvalue weighted by atomic mass is 10.0. The molecule has 0 saturated carbocycles. The summed E-state index contributed by atoms with van der Waals surface area (Å²) in [5, 5.41) is 8.25. The SMILES string of the molecule is CN(CCc1c(Cl)cccc1Cl)C1CCN(c2nc(N)n[nH]2)CC1. The summed E-state index contributed by atoms with van der Waals surface area (Å²) in [7, 11) is 2.16. The molecule has 0 amide bonds. The normalized spacial score (nSPS) is 16.1. The van der Waals surface area contributed by atoms with Gasteiger partial charge in [0, 0.05) is 35.7 Å². The van der Waals surface area contributed by atoms with Gasteiger partial charge in [0.1, 0.15) is 0 Å². The molecule has 2 heterocycles. The van der Waals surface area contributed by atoms with Crippen molar-refractivity contribution in [3.63, 3.8) is 0 Å². The zero-order valence-corrected chi connectivity index (χ0v) is 15.2. The summed E-state index contributed by atoms with van der Waals surface area (Å²) in [6, 6.07) is 6.21. The highest BCUT2D eigenvalue weighted by Gasteiger charge is 2.24. The van der Waals surface area contributed by atoms with E-state index in [9.17, 15) is 0 Å². The van der Waals surface area contributed by atoms with E-state index < -0.39 is 0 Å². The van der Waals surface area contributed by atoms with Crippen molar-refractivity contribution < 1.29 is 0 Å². The summed E-state index contributed by atoms with van der Waals surface area (Å²) in [5.74, 6) is 1.05. The third-order valence-corrected chi connectivity index (χ3v) is 5.36. The minimum absolute atomic E-state index is 0.292. The molecule has 0 aliphatic carbocycles. The summed E-state index contributed by atoms with van der Waals surface area (Å²) in [6.45, 7) is 2.82. The van der Waals surface area contributed by atoms with Crippen molar-refractivity contribution in [3.8, 4) is 0 Å². The topological polar surface area (TPSA) is 74.1 Å². The van der Waals surface area contributed by atoms with Crippen molar-refractivity contribution >= 4 is 35.1 Å². The Morgan fingerprint density at radius 2 is 1.96 bits per heavy atom. The fourth-order valence-corrected chi connectivity index (χ4v) is 3.75. The van der Waals surface area contributed by atoms with Crippen LogP contribution in [0.2, 0.25) is 10.0 Å². The molecular formula is C16H22Cl2N6. The van der Waals surface area contributed by atoms with Crippen molar-refractivity contribution in [3.05, 3.63) is 33.8 Å². The van der Waals surface area contributed by atoms with Crippen LogP contribution in [0.15, 0.2) is 18.2 Å². The first-order valence-electron chi connectivity index (χ1n) is 8.10. The molecule has 8 heteroatoms. The van der Waals surface area contributed by atoms with Gasteiger partial charge in [-0.25, -0.2) is 5.10 Å². The van der Waals surface area contributed by atoms with Crippen molar-refractivity contribution in [2.45, 2.75) is 25.3 Å². The third kappa shape index (κ3) is 3.94. The van der Waals surface area contributed by atoms with E-state index in [-0.39, 0.29) is 0 Å². The van der Waals surface area contributed by atoms with Crippen LogP contribution in [0.5, 0.6) is 0 Å². The first-order valence-corrected chi connectivity index (χ1v) is 8.86. The molecule has 2 aromatic rings. The highest BCUT2D eigenvalue weighted by molar-refractivity contribution is 6.35. The van der Waals surface area contributed by atoms with E-state index in [2.05, 4.69) is 32.0 Å². The van der Waals surface area contributed by atoms with Gasteiger partial charge in [0.25, 0.3) is 0 Å². The molecule has 0 radical (unpaired) electrons. The monoisotopic (exact) mass is 368 g/mol. The largest absolute Gasteiger partial charge is 0.366 e. The number of nitrogens with two attached hydrogens (primary N) is 1. The summed E-state index contributed by atoms with van der Waals surface area (Å²) in [6.07, 6.45) is 3.01. The molecule has 3 N–H and O–H groups in total. The molecule has 1 aromatic carbocycles. The maximum absolute atomic E-state index is 6.25. The molecule has 0 spiro atoms. The van der Waals surface area contributed by atoms with Gasteiger partial charge in [-0.1, -0.05) is 29.3 Å². The molecule has 24 heavy (non-hydrogen) atoms. The van der Waals surface area contributed by atoms with Crippen LogP contribution in [0.4, 0.5) is 11.9 Å². The second-order valence-electron chi connectivity index (χ2n) is 6.17. The van der Waals surface area contributed by atoms with Crippen LogP contribution in [0.1, 0.15) is 18.4 Å². The van der Waals surface area contributed by atoms with Crippen molar-refractivity contribution in [1.29, 1.82) is 0 Å². The van der Waals surface area contributed by atoms with Crippen LogP contribution in [0.3, 0.4) is 0 Å². The van der Waals surface area contributed by atoms with Crippen LogP contribution < -0.4 is 10.6 Å². The molecule has 0 atom stereocenters. The Hall–Kier alpha value is -1.50. The number of hydrogen-bond donors (Lipinski definition) is 2. The number of piperidine rings is 1. The number of aromatic amines is 1. The van der Waals surface area contributed by atoms with E-state index in [4.69, 9.17) is 28.9 Å². The van der Waals surface area contributed by atoms with E-state index in [1.807, 2.05) is 18.2 Å². The Morgan fingerprint density at radius 3 is 2.54 bits per heavy atom. The minimum atomic E-state index is 0.292. The quantitative estimate of drug-likeness (QED) is 0.848. The van der Waals surface area contributed by atoms with Gasteiger partial charge in [-0.15, -0.1) is 5.10 Å². The van der Waals surface area contributed by atoms with Crippen molar-refractivity contribution in [2.24, 2.45) is 0 Å². The van der Waals surface area contributed by atoms with E-state index in [1.54, 1.807) is 0 Å². The number of rotatable bonds is 5. The zero-order valence-electron chi connectivity index (χ0n) is 13.7. The number of nitrogens with zero attached hydrogens (tertiary/aromatic N) is 4. The molecule has 130 valence electrons. The molecule has 6 nitrogen and oxygen atoms in total. The van der Waals surface area contributed by atoms with Crippen LogP contribution in [-0.2, 0) is 6.42 Å². The first kappa shape index (κ1) is 17.3. The number of anilines is 2. The van der Waals surface area contributed by atoms with Gasteiger partial charge in [0.2, 0.25) is 11.9 Å². The third-order valence-electron chi connectivity index (χ3n) is 4.65. The van der Waals surface area contributed by atoms with Crippen LogP contribution in [0.25, 0.3) is 0 Å². The van der Waals surface area contributed by atoms with E-state index in [0.717, 1.165) is 60.5 Å². The fraction of sp³-hybridized carbons (Fsp3) is 0.500. The summed E-state index contributed by atoms with van der Waals surface area (Å²) < 4.78 is 0. The average molecular weight is 369 g/mol. The molecule has 1 saturated heterocycles. The van der Waals surface area contributed by atoms with Gasteiger partial charge >= 0.3 is 0 Å². The number of halogens is 2. The van der Waals surface area contributed by atoms with Crippen LogP contribution in [-0.4, -0.2) is 52.8 Å². The average Bonchev–Trinajstić information content (AvgIpc) is 3.01. The van der Waals surface area contributed by atoms with Crippen LogP contribution >= 0.6 is 23.2 Å². The number of aromatic nitrogens is 3. The molecule has 1 aromatic heterocycles. The molecule has 3 rings (SSSR count). The highest BCUT2D eigenvalue weighted by Crippen LogP contribution is 2.26. The number of nitrogen functional groups attached to an aromatic ring is 1. The smallest absolute Gasteiger partial charge is 0.241 e. The molecule has 0 unspecified atom stereocenters. The number of nitrogens with one attached hydrogen (secondary N) is 1. The summed E-state index contributed by atoms with van der Waals surface area (Å²) >= 11 is 12.5. The molecule has 1 aliphatic rings. The van der Waals surface area contributed by atoms with E-state index in [0.29, 0.717) is 12.0 Å². The van der Waals surface area contributed by atoms with Crippen molar-refractivity contribution in [2.75, 3.05) is 37.3 Å². The Balaban J connectivity index is 1.51. The number of benzene rings is 1. The number of likely N-dealkylation sites (N-methyl/N-ethyl adjacent to an activating group) is 1. The Kier molecular flexibility index (Phi) is 5.48. The predicted molar refractivity (Wildman–Crippen MR) is 98.8 cm³/mol. The van der Waals surface area contributed by atoms with Gasteiger partial charge in [0.15, 0.2) is 0 Å². The number of H-pyrrole nitrogens is 1.